The molecule has 1 aromatic heterocycles. The van der Waals surface area contributed by atoms with E-state index in [0.717, 1.165) is 16.9 Å². The Balaban J connectivity index is 1.94. The fourth-order valence-electron chi connectivity index (χ4n) is 1.91. The number of amides is 1. The Labute approximate surface area is 124 Å². The summed E-state index contributed by atoms with van der Waals surface area (Å²) in [5.74, 6) is 1.22. The molecule has 21 heavy (non-hydrogen) atoms. The molecule has 1 amide bonds. The average molecular weight is 285 g/mol. The molecule has 0 aliphatic heterocycles. The van der Waals surface area contributed by atoms with Crippen LogP contribution in [0.4, 0.5) is 5.82 Å². The largest absolute Gasteiger partial charge is 0.494 e. The maximum atomic E-state index is 12.0. The lowest BCUT2D eigenvalue weighted by atomic mass is 10.1. The molecule has 0 bridgehead atoms. The van der Waals surface area contributed by atoms with E-state index in [-0.39, 0.29) is 5.91 Å². The maximum absolute atomic E-state index is 12.0. The van der Waals surface area contributed by atoms with Gasteiger partial charge < -0.3 is 15.8 Å². The molecule has 0 unspecified atom stereocenters. The van der Waals surface area contributed by atoms with E-state index in [4.69, 9.17) is 10.5 Å². The molecule has 2 rings (SSSR count). The first-order chi connectivity index (χ1) is 10.2. The van der Waals surface area contributed by atoms with Crippen molar-refractivity contribution < 1.29 is 9.53 Å². The van der Waals surface area contributed by atoms with Crippen molar-refractivity contribution in [1.29, 1.82) is 0 Å². The standard InChI is InChI=1S/C16H19N3O2/c1-2-21-14-5-3-12(4-6-14)10-16(20)19-15-9-13(11-17)7-8-18-15/h3-9H,2,10-11,17H2,1H3,(H,18,19,20). The van der Waals surface area contributed by atoms with Crippen LogP contribution in [-0.2, 0) is 17.8 Å². The van der Waals surface area contributed by atoms with E-state index < -0.39 is 0 Å². The van der Waals surface area contributed by atoms with Crippen molar-refractivity contribution in [1.82, 2.24) is 4.98 Å². The molecule has 0 atom stereocenters. The fraction of sp³-hybridized carbons (Fsp3) is 0.250. The molecule has 0 aliphatic rings. The predicted molar refractivity (Wildman–Crippen MR) is 82.1 cm³/mol. The summed E-state index contributed by atoms with van der Waals surface area (Å²) < 4.78 is 5.36. The van der Waals surface area contributed by atoms with Gasteiger partial charge in [-0.15, -0.1) is 0 Å². The highest BCUT2D eigenvalue weighted by molar-refractivity contribution is 5.91. The van der Waals surface area contributed by atoms with Gasteiger partial charge >= 0.3 is 0 Å². The average Bonchev–Trinajstić information content (AvgIpc) is 2.49. The molecule has 0 saturated heterocycles. The van der Waals surface area contributed by atoms with E-state index in [1.165, 1.54) is 0 Å². The number of pyridine rings is 1. The summed E-state index contributed by atoms with van der Waals surface area (Å²) in [6.45, 7) is 2.98. The zero-order chi connectivity index (χ0) is 15.1. The van der Waals surface area contributed by atoms with Crippen molar-refractivity contribution in [3.05, 3.63) is 53.7 Å². The molecule has 5 nitrogen and oxygen atoms in total. The highest BCUT2D eigenvalue weighted by atomic mass is 16.5. The lowest BCUT2D eigenvalue weighted by Crippen LogP contribution is -2.15. The van der Waals surface area contributed by atoms with E-state index in [9.17, 15) is 4.79 Å². The van der Waals surface area contributed by atoms with Crippen molar-refractivity contribution in [2.24, 2.45) is 5.73 Å². The molecular formula is C16H19N3O2. The monoisotopic (exact) mass is 285 g/mol. The quantitative estimate of drug-likeness (QED) is 0.852. The summed E-state index contributed by atoms with van der Waals surface area (Å²) in [6.07, 6.45) is 1.93. The van der Waals surface area contributed by atoms with E-state index in [0.29, 0.717) is 25.4 Å². The van der Waals surface area contributed by atoms with Crippen LogP contribution in [0.3, 0.4) is 0 Å². The summed E-state index contributed by atoms with van der Waals surface area (Å²) >= 11 is 0. The molecule has 1 heterocycles. The fourth-order valence-corrected chi connectivity index (χ4v) is 1.91. The number of hydrogen-bond donors (Lipinski definition) is 2. The van der Waals surface area contributed by atoms with Crippen LogP contribution in [0.25, 0.3) is 0 Å². The summed E-state index contributed by atoms with van der Waals surface area (Å²) in [6, 6.07) is 11.1. The summed E-state index contributed by atoms with van der Waals surface area (Å²) in [4.78, 5) is 16.1. The molecule has 5 heteroatoms. The minimum atomic E-state index is -0.110. The minimum Gasteiger partial charge on any atom is -0.494 e. The molecule has 0 fully saturated rings. The number of anilines is 1. The lowest BCUT2D eigenvalue weighted by Gasteiger charge is -2.07. The first-order valence-electron chi connectivity index (χ1n) is 6.88. The van der Waals surface area contributed by atoms with E-state index in [2.05, 4.69) is 10.3 Å². The van der Waals surface area contributed by atoms with Gasteiger partial charge in [-0.2, -0.15) is 0 Å². The van der Waals surface area contributed by atoms with Crippen molar-refractivity contribution in [3.8, 4) is 5.75 Å². The van der Waals surface area contributed by atoms with Crippen molar-refractivity contribution in [2.45, 2.75) is 19.9 Å². The Morgan fingerprint density at radius 1 is 1.24 bits per heavy atom. The number of aromatic nitrogens is 1. The Morgan fingerprint density at radius 3 is 2.67 bits per heavy atom. The van der Waals surface area contributed by atoms with Gasteiger partial charge in [-0.05, 0) is 42.3 Å². The molecule has 1 aromatic carbocycles. The van der Waals surface area contributed by atoms with E-state index in [1.54, 1.807) is 12.3 Å². The number of nitrogens with one attached hydrogen (secondary N) is 1. The Kier molecular flexibility index (Phi) is 5.29. The maximum Gasteiger partial charge on any atom is 0.229 e. The second-order valence-electron chi connectivity index (χ2n) is 4.56. The molecule has 0 aliphatic carbocycles. The smallest absolute Gasteiger partial charge is 0.229 e. The third kappa shape index (κ3) is 4.57. The van der Waals surface area contributed by atoms with Crippen LogP contribution in [-0.4, -0.2) is 17.5 Å². The van der Waals surface area contributed by atoms with Gasteiger partial charge in [0.2, 0.25) is 5.91 Å². The highest BCUT2D eigenvalue weighted by Crippen LogP contribution is 2.13. The second kappa shape index (κ2) is 7.40. The van der Waals surface area contributed by atoms with Crippen LogP contribution < -0.4 is 15.8 Å². The number of nitrogens with zero attached hydrogens (tertiary/aromatic N) is 1. The molecule has 0 saturated carbocycles. The summed E-state index contributed by atoms with van der Waals surface area (Å²) in [5.41, 5.74) is 7.41. The SMILES string of the molecule is CCOc1ccc(CC(=O)Nc2cc(CN)ccn2)cc1. The number of nitrogens with two attached hydrogens (primary N) is 1. The van der Waals surface area contributed by atoms with Gasteiger partial charge in [0, 0.05) is 12.7 Å². The van der Waals surface area contributed by atoms with Gasteiger partial charge in [-0.3, -0.25) is 4.79 Å². The minimum absolute atomic E-state index is 0.110. The van der Waals surface area contributed by atoms with Gasteiger partial charge in [0.15, 0.2) is 0 Å². The topological polar surface area (TPSA) is 77.2 Å². The molecule has 0 spiro atoms. The van der Waals surface area contributed by atoms with Crippen LogP contribution in [0.1, 0.15) is 18.1 Å². The third-order valence-corrected chi connectivity index (χ3v) is 2.93. The molecular weight excluding hydrogens is 266 g/mol. The van der Waals surface area contributed by atoms with Crippen molar-refractivity contribution in [2.75, 3.05) is 11.9 Å². The Bertz CT molecular complexity index is 597. The van der Waals surface area contributed by atoms with Crippen molar-refractivity contribution >= 4 is 11.7 Å². The molecule has 110 valence electrons. The second-order valence-corrected chi connectivity index (χ2v) is 4.56. The van der Waals surface area contributed by atoms with Gasteiger partial charge in [-0.1, -0.05) is 12.1 Å². The Morgan fingerprint density at radius 2 is 2.00 bits per heavy atom. The van der Waals surface area contributed by atoms with Gasteiger partial charge in [0.05, 0.1) is 13.0 Å². The van der Waals surface area contributed by atoms with Gasteiger partial charge in [0.1, 0.15) is 11.6 Å². The Hall–Kier alpha value is -2.40. The van der Waals surface area contributed by atoms with Crippen molar-refractivity contribution in [3.63, 3.8) is 0 Å². The normalized spacial score (nSPS) is 10.2. The zero-order valence-corrected chi connectivity index (χ0v) is 12.0. The van der Waals surface area contributed by atoms with Gasteiger partial charge in [0.25, 0.3) is 0 Å². The first kappa shape index (κ1) is 15.0. The molecule has 3 N–H and O–H groups in total. The number of benzene rings is 1. The number of carbonyl (C=O) groups is 1. The predicted octanol–water partition coefficient (Wildman–Crippen LogP) is 2.12. The van der Waals surface area contributed by atoms with Crippen LogP contribution in [0.5, 0.6) is 5.75 Å². The lowest BCUT2D eigenvalue weighted by molar-refractivity contribution is -0.115. The summed E-state index contributed by atoms with van der Waals surface area (Å²) in [7, 11) is 0. The van der Waals surface area contributed by atoms with Crippen LogP contribution in [0.15, 0.2) is 42.6 Å². The zero-order valence-electron chi connectivity index (χ0n) is 12.0. The first-order valence-corrected chi connectivity index (χ1v) is 6.88. The number of rotatable bonds is 6. The van der Waals surface area contributed by atoms with Crippen LogP contribution >= 0.6 is 0 Å². The summed E-state index contributed by atoms with van der Waals surface area (Å²) in [5, 5.41) is 2.77. The van der Waals surface area contributed by atoms with Crippen LogP contribution in [0, 0.1) is 0 Å². The number of ether oxygens (including phenoxy) is 1. The number of hydrogen-bond acceptors (Lipinski definition) is 4. The molecule has 2 aromatic rings. The van der Waals surface area contributed by atoms with E-state index in [1.807, 2.05) is 37.3 Å². The van der Waals surface area contributed by atoms with Crippen LogP contribution in [0.2, 0.25) is 0 Å². The van der Waals surface area contributed by atoms with E-state index >= 15 is 0 Å². The third-order valence-electron chi connectivity index (χ3n) is 2.93. The van der Waals surface area contributed by atoms with Gasteiger partial charge in [-0.25, -0.2) is 4.98 Å². The molecule has 0 radical (unpaired) electrons. The number of carbonyl (C=O) groups excluding carboxylic acids is 1. The highest BCUT2D eigenvalue weighted by Gasteiger charge is 2.05.